The van der Waals surface area contributed by atoms with Crippen molar-refractivity contribution >= 4 is 40.3 Å². The first kappa shape index (κ1) is 14.0. The lowest BCUT2D eigenvalue weighted by molar-refractivity contribution is 0.625. The number of benzene rings is 2. The number of anilines is 3. The van der Waals surface area contributed by atoms with Gasteiger partial charge < -0.3 is 10.6 Å². The first-order valence-electron chi connectivity index (χ1n) is 5.81. The van der Waals surface area contributed by atoms with Gasteiger partial charge in [-0.15, -0.1) is 0 Å². The quantitative estimate of drug-likeness (QED) is 0.819. The molecular formula is C14H13Cl2FN2. The van der Waals surface area contributed by atoms with Crippen LogP contribution in [0.25, 0.3) is 0 Å². The Labute approximate surface area is 121 Å². The maximum absolute atomic E-state index is 13.9. The van der Waals surface area contributed by atoms with Crippen LogP contribution in [0.1, 0.15) is 6.92 Å². The minimum Gasteiger partial charge on any atom is -0.399 e. The smallest absolute Gasteiger partial charge is 0.146 e. The fourth-order valence-electron chi connectivity index (χ4n) is 1.96. The molecular weight excluding hydrogens is 286 g/mol. The molecule has 0 spiro atoms. The van der Waals surface area contributed by atoms with Gasteiger partial charge in [0, 0.05) is 12.2 Å². The number of para-hydroxylation sites is 1. The summed E-state index contributed by atoms with van der Waals surface area (Å²) in [5.41, 5.74) is 7.14. The number of halogens is 3. The third-order valence-electron chi connectivity index (χ3n) is 2.77. The molecule has 0 fully saturated rings. The molecule has 0 aromatic heterocycles. The van der Waals surface area contributed by atoms with Crippen LogP contribution in [0.2, 0.25) is 10.0 Å². The number of nitrogens with zero attached hydrogens (tertiary/aromatic N) is 1. The van der Waals surface area contributed by atoms with E-state index >= 15 is 0 Å². The van der Waals surface area contributed by atoms with E-state index in [1.54, 1.807) is 35.2 Å². The van der Waals surface area contributed by atoms with Gasteiger partial charge in [-0.2, -0.15) is 0 Å². The Morgan fingerprint density at radius 3 is 2.26 bits per heavy atom. The zero-order chi connectivity index (χ0) is 14.0. The molecule has 0 aliphatic carbocycles. The standard InChI is InChI=1S/C14H13Cl2FN2/c1-2-19(13-6-4-3-5-12(13)17)14-10(15)7-9(18)8-11(14)16/h3-8H,2,18H2,1H3. The zero-order valence-corrected chi connectivity index (χ0v) is 11.8. The molecule has 2 aromatic carbocycles. The molecule has 2 aromatic rings. The molecule has 0 saturated carbocycles. The van der Waals surface area contributed by atoms with E-state index in [0.29, 0.717) is 33.7 Å². The number of nitrogen functional groups attached to an aromatic ring is 1. The van der Waals surface area contributed by atoms with E-state index in [1.165, 1.54) is 6.07 Å². The lowest BCUT2D eigenvalue weighted by Gasteiger charge is -2.26. The zero-order valence-electron chi connectivity index (χ0n) is 10.3. The molecule has 0 amide bonds. The topological polar surface area (TPSA) is 29.3 Å². The van der Waals surface area contributed by atoms with Gasteiger partial charge in [-0.05, 0) is 31.2 Å². The lowest BCUT2D eigenvalue weighted by atomic mass is 10.2. The molecule has 5 heteroatoms. The molecule has 0 atom stereocenters. The predicted molar refractivity (Wildman–Crippen MR) is 80.0 cm³/mol. The van der Waals surface area contributed by atoms with E-state index in [-0.39, 0.29) is 5.82 Å². The second-order valence-corrected chi connectivity index (χ2v) is 4.84. The molecule has 19 heavy (non-hydrogen) atoms. The fourth-order valence-corrected chi connectivity index (χ4v) is 2.67. The lowest BCUT2D eigenvalue weighted by Crippen LogP contribution is -2.18. The van der Waals surface area contributed by atoms with Crippen molar-refractivity contribution < 1.29 is 4.39 Å². The number of nitrogens with two attached hydrogens (primary N) is 1. The Morgan fingerprint density at radius 2 is 1.74 bits per heavy atom. The number of hydrogen-bond donors (Lipinski definition) is 1. The Kier molecular flexibility index (Phi) is 4.17. The molecule has 2 N–H and O–H groups in total. The Morgan fingerprint density at radius 1 is 1.16 bits per heavy atom. The second-order valence-electron chi connectivity index (χ2n) is 4.03. The van der Waals surface area contributed by atoms with Gasteiger partial charge in [0.15, 0.2) is 0 Å². The fraction of sp³-hybridized carbons (Fsp3) is 0.143. The van der Waals surface area contributed by atoms with E-state index in [1.807, 2.05) is 6.92 Å². The molecule has 0 heterocycles. The summed E-state index contributed by atoms with van der Waals surface area (Å²) in [5, 5.41) is 0.796. The maximum atomic E-state index is 13.9. The molecule has 2 rings (SSSR count). The third kappa shape index (κ3) is 2.77. The molecule has 0 radical (unpaired) electrons. The summed E-state index contributed by atoms with van der Waals surface area (Å²) in [4.78, 5) is 1.72. The van der Waals surface area contributed by atoms with Crippen LogP contribution in [0.4, 0.5) is 21.5 Å². The van der Waals surface area contributed by atoms with Crippen molar-refractivity contribution in [2.75, 3.05) is 17.2 Å². The molecule has 0 unspecified atom stereocenters. The minimum atomic E-state index is -0.326. The van der Waals surface area contributed by atoms with Crippen molar-refractivity contribution in [3.8, 4) is 0 Å². The van der Waals surface area contributed by atoms with Crippen LogP contribution < -0.4 is 10.6 Å². The van der Waals surface area contributed by atoms with Crippen LogP contribution in [-0.4, -0.2) is 6.54 Å². The minimum absolute atomic E-state index is 0.326. The highest BCUT2D eigenvalue weighted by atomic mass is 35.5. The largest absolute Gasteiger partial charge is 0.399 e. The van der Waals surface area contributed by atoms with Gasteiger partial charge >= 0.3 is 0 Å². The highest BCUT2D eigenvalue weighted by molar-refractivity contribution is 6.39. The van der Waals surface area contributed by atoms with Crippen molar-refractivity contribution in [3.63, 3.8) is 0 Å². The van der Waals surface area contributed by atoms with Crippen LogP contribution in [0, 0.1) is 5.82 Å². The summed E-state index contributed by atoms with van der Waals surface area (Å²) in [6, 6.07) is 9.69. The van der Waals surface area contributed by atoms with E-state index in [0.717, 1.165) is 0 Å². The molecule has 0 aliphatic rings. The van der Waals surface area contributed by atoms with Gasteiger partial charge in [-0.3, -0.25) is 0 Å². The molecule has 0 aliphatic heterocycles. The maximum Gasteiger partial charge on any atom is 0.146 e. The van der Waals surface area contributed by atoms with Gasteiger partial charge in [0.05, 0.1) is 21.4 Å². The van der Waals surface area contributed by atoms with Gasteiger partial charge in [0.1, 0.15) is 5.82 Å². The van der Waals surface area contributed by atoms with E-state index in [2.05, 4.69) is 0 Å². The highest BCUT2D eigenvalue weighted by Crippen LogP contribution is 2.40. The number of hydrogen-bond acceptors (Lipinski definition) is 2. The van der Waals surface area contributed by atoms with E-state index in [4.69, 9.17) is 28.9 Å². The predicted octanol–water partition coefficient (Wildman–Crippen LogP) is 4.87. The van der Waals surface area contributed by atoms with Crippen molar-refractivity contribution in [1.82, 2.24) is 0 Å². The normalized spacial score (nSPS) is 10.5. The van der Waals surface area contributed by atoms with Crippen molar-refractivity contribution in [2.24, 2.45) is 0 Å². The van der Waals surface area contributed by atoms with Gasteiger partial charge in [0.25, 0.3) is 0 Å². The van der Waals surface area contributed by atoms with E-state index in [9.17, 15) is 4.39 Å². The summed E-state index contributed by atoms with van der Waals surface area (Å²) in [7, 11) is 0. The van der Waals surface area contributed by atoms with Crippen molar-refractivity contribution in [2.45, 2.75) is 6.92 Å². The average molecular weight is 299 g/mol. The Hall–Kier alpha value is -1.45. The van der Waals surface area contributed by atoms with Crippen LogP contribution in [-0.2, 0) is 0 Å². The Balaban J connectivity index is 2.58. The van der Waals surface area contributed by atoms with Crippen LogP contribution >= 0.6 is 23.2 Å². The molecule has 0 bridgehead atoms. The van der Waals surface area contributed by atoms with Gasteiger partial charge in [-0.25, -0.2) is 4.39 Å². The van der Waals surface area contributed by atoms with Crippen LogP contribution in [0.5, 0.6) is 0 Å². The summed E-state index contributed by atoms with van der Waals surface area (Å²) in [6.45, 7) is 2.43. The SMILES string of the molecule is CCN(c1ccccc1F)c1c(Cl)cc(N)cc1Cl. The van der Waals surface area contributed by atoms with E-state index < -0.39 is 0 Å². The summed E-state index contributed by atoms with van der Waals surface area (Å²) in [5.74, 6) is -0.326. The first-order valence-corrected chi connectivity index (χ1v) is 6.56. The van der Waals surface area contributed by atoms with Crippen LogP contribution in [0.15, 0.2) is 36.4 Å². The molecule has 100 valence electrons. The van der Waals surface area contributed by atoms with Gasteiger partial charge in [-0.1, -0.05) is 35.3 Å². The summed E-state index contributed by atoms with van der Waals surface area (Å²) >= 11 is 12.4. The third-order valence-corrected chi connectivity index (χ3v) is 3.34. The van der Waals surface area contributed by atoms with Crippen molar-refractivity contribution in [1.29, 1.82) is 0 Å². The van der Waals surface area contributed by atoms with Gasteiger partial charge in [0.2, 0.25) is 0 Å². The molecule has 0 saturated heterocycles. The van der Waals surface area contributed by atoms with Crippen LogP contribution in [0.3, 0.4) is 0 Å². The second kappa shape index (κ2) is 5.68. The molecule has 2 nitrogen and oxygen atoms in total. The number of rotatable bonds is 3. The summed E-state index contributed by atoms with van der Waals surface area (Å²) in [6.07, 6.45) is 0. The van der Waals surface area contributed by atoms with Crippen molar-refractivity contribution in [3.05, 3.63) is 52.3 Å². The Bertz CT molecular complexity index is 579. The first-order chi connectivity index (χ1) is 9.04. The highest BCUT2D eigenvalue weighted by Gasteiger charge is 2.18. The monoisotopic (exact) mass is 298 g/mol. The summed E-state index contributed by atoms with van der Waals surface area (Å²) < 4.78 is 13.9. The average Bonchev–Trinajstić information content (AvgIpc) is 2.34.